The van der Waals surface area contributed by atoms with Crippen molar-refractivity contribution >= 4 is 11.4 Å². The van der Waals surface area contributed by atoms with Crippen LogP contribution in [0, 0.1) is 35.5 Å². The summed E-state index contributed by atoms with van der Waals surface area (Å²) in [4.78, 5) is 0. The maximum atomic E-state index is 12.2. The average molecular weight is 629 g/mol. The molecule has 0 fully saturated rings. The Labute approximate surface area is 288 Å². The maximum absolute atomic E-state index is 12.2. The smallest absolute Gasteiger partial charge is 0.215 e. The summed E-state index contributed by atoms with van der Waals surface area (Å²) in [5.74, 6) is 14.6. The van der Waals surface area contributed by atoms with Gasteiger partial charge in [0.15, 0.2) is 0 Å². The van der Waals surface area contributed by atoms with Gasteiger partial charge in [-0.3, -0.25) is 0 Å². The summed E-state index contributed by atoms with van der Waals surface area (Å²) >= 11 is 0. The van der Waals surface area contributed by atoms with Crippen LogP contribution in [0.25, 0.3) is 16.9 Å². The summed E-state index contributed by atoms with van der Waals surface area (Å²) in [5, 5.41) is 0. The number of unbranched alkanes of at least 4 members (excludes halogenated alkanes) is 2. The van der Waals surface area contributed by atoms with Crippen LogP contribution in [0.5, 0.6) is 0 Å². The van der Waals surface area contributed by atoms with Crippen molar-refractivity contribution in [1.29, 1.82) is 0 Å². The minimum atomic E-state index is 0.598. The molecule has 0 spiro atoms. The van der Waals surface area contributed by atoms with E-state index in [2.05, 4.69) is 126 Å². The maximum Gasteiger partial charge on any atom is 0.215 e. The molecule has 250 valence electrons. The number of hydrogen-bond acceptors (Lipinski definition) is 0. The van der Waals surface area contributed by atoms with E-state index in [1.54, 1.807) is 0 Å². The molecule has 0 saturated carbocycles. The summed E-state index contributed by atoms with van der Waals surface area (Å²) < 4.78 is 1.52. The Balaban J connectivity index is 1.98. The molecule has 2 nitrogen and oxygen atoms in total. The van der Waals surface area contributed by atoms with Gasteiger partial charge in [0.2, 0.25) is 11.4 Å². The molecule has 0 N–H and O–H groups in total. The van der Waals surface area contributed by atoms with Gasteiger partial charge in [-0.25, -0.2) is 4.70 Å². The van der Waals surface area contributed by atoms with Crippen molar-refractivity contribution in [3.8, 4) is 23.7 Å². The van der Waals surface area contributed by atoms with E-state index in [9.17, 15) is 5.53 Å². The molecule has 0 amide bonds. The SMILES string of the molecule is CC=CC1=C(c2ccccc2CCC(CC#CCC)CCCC)[N+](=[N-])C(c2ccccc2CCC(CC#CCC)CCCC)=C1CC. The second-order valence-electron chi connectivity index (χ2n) is 13.0. The molecule has 0 saturated heterocycles. The van der Waals surface area contributed by atoms with Gasteiger partial charge in [0, 0.05) is 42.4 Å². The highest BCUT2D eigenvalue weighted by Crippen LogP contribution is 2.44. The molecule has 3 rings (SSSR count). The highest BCUT2D eigenvalue weighted by Gasteiger charge is 2.35. The van der Waals surface area contributed by atoms with Gasteiger partial charge in [0.05, 0.1) is 5.57 Å². The van der Waals surface area contributed by atoms with E-state index in [1.165, 1.54) is 59.9 Å². The van der Waals surface area contributed by atoms with Crippen LogP contribution in [0.2, 0.25) is 0 Å². The third-order valence-corrected chi connectivity index (χ3v) is 9.48. The lowest BCUT2D eigenvalue weighted by Crippen LogP contribution is -2.09. The molecule has 0 bridgehead atoms. The van der Waals surface area contributed by atoms with Crippen LogP contribution < -0.4 is 0 Å². The molecule has 1 aliphatic heterocycles. The molecule has 2 heteroatoms. The van der Waals surface area contributed by atoms with Crippen molar-refractivity contribution in [2.24, 2.45) is 11.8 Å². The predicted molar refractivity (Wildman–Crippen MR) is 203 cm³/mol. The highest BCUT2D eigenvalue weighted by atomic mass is 15.2. The largest absolute Gasteiger partial charge is 0.493 e. The number of allylic oxidation sites excluding steroid dienone is 4. The highest BCUT2D eigenvalue weighted by molar-refractivity contribution is 5.85. The van der Waals surface area contributed by atoms with E-state index in [4.69, 9.17) is 0 Å². The van der Waals surface area contributed by atoms with Gasteiger partial charge < -0.3 is 5.53 Å². The fourth-order valence-electron chi connectivity index (χ4n) is 6.89. The second kappa shape index (κ2) is 21.3. The van der Waals surface area contributed by atoms with Crippen LogP contribution in [0.4, 0.5) is 0 Å². The van der Waals surface area contributed by atoms with E-state index in [-0.39, 0.29) is 0 Å². The molecule has 1 aliphatic rings. The van der Waals surface area contributed by atoms with Gasteiger partial charge in [-0.05, 0) is 87.0 Å². The topological polar surface area (TPSA) is 25.3 Å². The lowest BCUT2D eigenvalue weighted by molar-refractivity contribution is -0.345. The summed E-state index contributed by atoms with van der Waals surface area (Å²) in [6.07, 6.45) is 20.5. The normalized spacial score (nSPS) is 14.3. The molecule has 47 heavy (non-hydrogen) atoms. The number of benzene rings is 2. The van der Waals surface area contributed by atoms with Crippen molar-refractivity contribution in [3.63, 3.8) is 0 Å². The fraction of sp³-hybridized carbons (Fsp3) is 0.511. The molecule has 2 aromatic rings. The summed E-state index contributed by atoms with van der Waals surface area (Å²) in [6, 6.07) is 17.5. The van der Waals surface area contributed by atoms with Crippen LogP contribution in [-0.4, -0.2) is 4.70 Å². The second-order valence-corrected chi connectivity index (χ2v) is 13.0. The van der Waals surface area contributed by atoms with E-state index < -0.39 is 0 Å². The lowest BCUT2D eigenvalue weighted by atomic mass is 9.89. The Morgan fingerprint density at radius 2 is 1.15 bits per heavy atom. The molecule has 2 atom stereocenters. The first kappa shape index (κ1) is 37.8. The van der Waals surface area contributed by atoms with Gasteiger partial charge in [0.25, 0.3) is 0 Å². The minimum absolute atomic E-state index is 0.598. The van der Waals surface area contributed by atoms with Crippen molar-refractivity contribution < 1.29 is 4.70 Å². The zero-order valence-electron chi connectivity index (χ0n) is 30.4. The van der Waals surface area contributed by atoms with E-state index in [0.29, 0.717) is 11.8 Å². The van der Waals surface area contributed by atoms with Crippen LogP contribution >= 0.6 is 0 Å². The van der Waals surface area contributed by atoms with E-state index >= 15 is 0 Å². The molecule has 2 aromatic carbocycles. The number of hydrogen-bond donors (Lipinski definition) is 0. The third-order valence-electron chi connectivity index (χ3n) is 9.48. The average Bonchev–Trinajstić information content (AvgIpc) is 3.37. The quantitative estimate of drug-likeness (QED) is 0.116. The van der Waals surface area contributed by atoms with Gasteiger partial charge in [-0.1, -0.05) is 109 Å². The summed E-state index contributed by atoms with van der Waals surface area (Å²) in [6.45, 7) is 13.1. The van der Waals surface area contributed by atoms with Crippen LogP contribution in [-0.2, 0) is 12.8 Å². The first-order valence-electron chi connectivity index (χ1n) is 18.7. The summed E-state index contributed by atoms with van der Waals surface area (Å²) in [7, 11) is 0. The Bertz CT molecular complexity index is 1510. The number of nitrogens with zero attached hydrogens (tertiary/aromatic N) is 2. The molecule has 0 aliphatic carbocycles. The standard InChI is InChI=1S/C45H60N2/c1-7-13-17-26-36(24-15-9-3)32-34-38-28-19-21-30-41(38)44-40(12-6)43(23-11-5)45(47(44)46)42-31-22-20-29-39(42)35-33-37(25-16-10-4)27-18-14-8-2/h11,19-23,28-31,36-37H,7-10,12,15-16,24-27,32-35H2,1-6H3. The fourth-order valence-corrected chi connectivity index (χ4v) is 6.89. The Hall–Kier alpha value is -3.62. The van der Waals surface area contributed by atoms with Gasteiger partial charge >= 0.3 is 0 Å². The number of aryl methyl sites for hydroxylation is 2. The Morgan fingerprint density at radius 3 is 1.60 bits per heavy atom. The monoisotopic (exact) mass is 628 g/mol. The van der Waals surface area contributed by atoms with Crippen LogP contribution in [0.15, 0.2) is 71.8 Å². The molecule has 1 heterocycles. The minimum Gasteiger partial charge on any atom is -0.493 e. The van der Waals surface area contributed by atoms with Gasteiger partial charge in [0.1, 0.15) is 0 Å². The zero-order valence-corrected chi connectivity index (χ0v) is 30.4. The summed E-state index contributed by atoms with van der Waals surface area (Å²) in [5.41, 5.74) is 21.3. The third kappa shape index (κ3) is 11.0. The van der Waals surface area contributed by atoms with Crippen molar-refractivity contribution in [2.45, 2.75) is 138 Å². The zero-order chi connectivity index (χ0) is 33.9. The predicted octanol–water partition coefficient (Wildman–Crippen LogP) is 12.9. The molecular formula is C45H60N2. The van der Waals surface area contributed by atoms with Gasteiger partial charge in [-0.15, -0.1) is 23.7 Å². The Morgan fingerprint density at radius 1 is 0.660 bits per heavy atom. The molecular weight excluding hydrogens is 569 g/mol. The van der Waals surface area contributed by atoms with E-state index in [0.717, 1.165) is 85.9 Å². The molecule has 0 radical (unpaired) electrons. The van der Waals surface area contributed by atoms with E-state index in [1.807, 2.05) is 0 Å². The first-order chi connectivity index (χ1) is 23.0. The lowest BCUT2D eigenvalue weighted by Gasteiger charge is -2.18. The van der Waals surface area contributed by atoms with Crippen molar-refractivity contribution in [1.82, 2.24) is 0 Å². The van der Waals surface area contributed by atoms with Crippen LogP contribution in [0.1, 0.15) is 147 Å². The Kier molecular flexibility index (Phi) is 17.1. The van der Waals surface area contributed by atoms with Gasteiger partial charge in [-0.2, -0.15) is 0 Å². The molecule has 2 unspecified atom stereocenters. The van der Waals surface area contributed by atoms with Crippen molar-refractivity contribution in [2.75, 3.05) is 0 Å². The van der Waals surface area contributed by atoms with Crippen LogP contribution in [0.3, 0.4) is 0 Å². The van der Waals surface area contributed by atoms with Crippen molar-refractivity contribution in [3.05, 3.63) is 99.6 Å². The first-order valence-corrected chi connectivity index (χ1v) is 18.7. The molecule has 0 aromatic heterocycles. The number of rotatable bonds is 18.